The third-order valence-electron chi connectivity index (χ3n) is 3.26. The van der Waals surface area contributed by atoms with E-state index in [1.807, 2.05) is 13.8 Å². The van der Waals surface area contributed by atoms with Gasteiger partial charge in [0.15, 0.2) is 0 Å². The molecule has 0 aliphatic heterocycles. The van der Waals surface area contributed by atoms with Gasteiger partial charge in [-0.2, -0.15) is 13.9 Å². The van der Waals surface area contributed by atoms with Crippen LogP contribution in [0.2, 0.25) is 0 Å². The van der Waals surface area contributed by atoms with Gasteiger partial charge in [0.25, 0.3) is 12.3 Å². The van der Waals surface area contributed by atoms with E-state index in [-0.39, 0.29) is 11.3 Å². The first-order chi connectivity index (χ1) is 7.94. The minimum atomic E-state index is -2.98. The van der Waals surface area contributed by atoms with E-state index in [4.69, 9.17) is 0 Å². The Morgan fingerprint density at radius 1 is 1.35 bits per heavy atom. The number of fused-ring (bicyclic) bond motifs is 3. The van der Waals surface area contributed by atoms with Crippen LogP contribution in [0.3, 0.4) is 0 Å². The summed E-state index contributed by atoms with van der Waals surface area (Å²) in [5.74, 6) is -4.14. The first kappa shape index (κ1) is 12.4. The molecular formula is C11H14F4N2. The summed E-state index contributed by atoms with van der Waals surface area (Å²) in [6, 6.07) is 0. The van der Waals surface area contributed by atoms with Gasteiger partial charge in [-0.15, -0.1) is 0 Å². The third kappa shape index (κ3) is 1.49. The van der Waals surface area contributed by atoms with Crippen LogP contribution >= 0.6 is 0 Å². The number of halogens is 4. The van der Waals surface area contributed by atoms with Crippen molar-refractivity contribution in [1.29, 1.82) is 0 Å². The number of alkyl halides is 4. The van der Waals surface area contributed by atoms with Gasteiger partial charge in [0.05, 0.1) is 0 Å². The highest BCUT2D eigenvalue weighted by atomic mass is 19.3. The number of aromatic nitrogens is 2. The average molecular weight is 250 g/mol. The van der Waals surface area contributed by atoms with E-state index in [1.54, 1.807) is 0 Å². The first-order valence-corrected chi connectivity index (χ1v) is 5.67. The summed E-state index contributed by atoms with van der Waals surface area (Å²) in [7, 11) is 1.30. The minimum absolute atomic E-state index is 0.0995. The van der Waals surface area contributed by atoms with Crippen LogP contribution in [0.15, 0.2) is 0 Å². The van der Waals surface area contributed by atoms with Crippen molar-refractivity contribution in [1.82, 2.24) is 9.78 Å². The third-order valence-corrected chi connectivity index (χ3v) is 3.26. The Balaban J connectivity index is 0.000000514. The number of nitrogens with zero attached hydrogens (tertiary/aromatic N) is 2. The largest absolute Gasteiger partial charge is 0.293 e. The van der Waals surface area contributed by atoms with E-state index >= 15 is 0 Å². The van der Waals surface area contributed by atoms with Crippen LogP contribution in [-0.2, 0) is 13.0 Å². The van der Waals surface area contributed by atoms with Crippen LogP contribution < -0.4 is 0 Å². The Hall–Kier alpha value is -1.07. The van der Waals surface area contributed by atoms with Crippen molar-refractivity contribution in [3.8, 4) is 0 Å². The maximum Gasteiger partial charge on any atom is 0.293 e. The van der Waals surface area contributed by atoms with Gasteiger partial charge >= 0.3 is 0 Å². The van der Waals surface area contributed by atoms with Crippen LogP contribution in [0.5, 0.6) is 0 Å². The zero-order valence-electron chi connectivity index (χ0n) is 9.85. The highest BCUT2D eigenvalue weighted by Gasteiger charge is 2.66. The van der Waals surface area contributed by atoms with Crippen LogP contribution in [0, 0.1) is 5.92 Å². The lowest BCUT2D eigenvalue weighted by Gasteiger charge is -2.12. The van der Waals surface area contributed by atoms with Crippen LogP contribution in [0.1, 0.15) is 49.6 Å². The van der Waals surface area contributed by atoms with E-state index in [0.717, 1.165) is 4.68 Å². The lowest BCUT2D eigenvalue weighted by Crippen LogP contribution is -2.18. The van der Waals surface area contributed by atoms with Gasteiger partial charge in [-0.05, 0) is 12.3 Å². The number of hydrogen-bond acceptors (Lipinski definition) is 1. The average Bonchev–Trinajstić information content (AvgIpc) is 2.93. The van der Waals surface area contributed by atoms with Gasteiger partial charge in [0, 0.05) is 18.5 Å². The SMILES string of the molecule is CC.Cn1nc(C(F)F)c2c1C(F)(F)C1CC21. The fourth-order valence-electron chi connectivity index (χ4n) is 2.57. The van der Waals surface area contributed by atoms with Gasteiger partial charge in [0.2, 0.25) is 0 Å². The van der Waals surface area contributed by atoms with Gasteiger partial charge in [-0.1, -0.05) is 13.8 Å². The van der Waals surface area contributed by atoms with E-state index < -0.39 is 29.9 Å². The highest BCUT2D eigenvalue weighted by Crippen LogP contribution is 2.67. The molecule has 96 valence electrons. The fraction of sp³-hybridized carbons (Fsp3) is 0.727. The van der Waals surface area contributed by atoms with E-state index in [2.05, 4.69) is 5.10 Å². The predicted octanol–water partition coefficient (Wildman–Crippen LogP) is 3.59. The molecule has 1 aromatic rings. The molecule has 2 unspecified atom stereocenters. The van der Waals surface area contributed by atoms with Crippen molar-refractivity contribution in [2.24, 2.45) is 13.0 Å². The molecule has 0 radical (unpaired) electrons. The molecule has 0 saturated heterocycles. The Bertz CT molecular complexity index is 439. The zero-order chi connectivity index (χ0) is 13.0. The summed E-state index contributed by atoms with van der Waals surface area (Å²) in [4.78, 5) is 0. The molecule has 0 bridgehead atoms. The van der Waals surface area contributed by atoms with Crippen molar-refractivity contribution < 1.29 is 17.6 Å². The summed E-state index contributed by atoms with van der Waals surface area (Å²) >= 11 is 0. The van der Waals surface area contributed by atoms with Gasteiger partial charge in [0.1, 0.15) is 11.4 Å². The second kappa shape index (κ2) is 3.71. The second-order valence-corrected chi connectivity index (χ2v) is 4.14. The molecular weight excluding hydrogens is 236 g/mol. The quantitative estimate of drug-likeness (QED) is 0.696. The maximum absolute atomic E-state index is 13.6. The minimum Gasteiger partial charge on any atom is -0.266 e. The molecule has 1 fully saturated rings. The Kier molecular flexibility index (Phi) is 2.71. The van der Waals surface area contributed by atoms with Gasteiger partial charge in [-0.25, -0.2) is 8.78 Å². The molecule has 1 heterocycles. The summed E-state index contributed by atoms with van der Waals surface area (Å²) < 4.78 is 53.2. The maximum atomic E-state index is 13.6. The van der Waals surface area contributed by atoms with Gasteiger partial charge < -0.3 is 0 Å². The zero-order valence-corrected chi connectivity index (χ0v) is 9.85. The molecule has 17 heavy (non-hydrogen) atoms. The summed E-state index contributed by atoms with van der Waals surface area (Å²) in [6.07, 6.45) is -2.46. The smallest absolute Gasteiger partial charge is 0.266 e. The second-order valence-electron chi connectivity index (χ2n) is 4.14. The number of rotatable bonds is 1. The molecule has 6 heteroatoms. The Morgan fingerprint density at radius 3 is 2.47 bits per heavy atom. The lowest BCUT2D eigenvalue weighted by molar-refractivity contribution is -0.0302. The predicted molar refractivity (Wildman–Crippen MR) is 54.3 cm³/mol. The molecule has 3 rings (SSSR count). The monoisotopic (exact) mass is 250 g/mol. The highest BCUT2D eigenvalue weighted by molar-refractivity contribution is 5.46. The van der Waals surface area contributed by atoms with E-state index in [0.29, 0.717) is 6.42 Å². The van der Waals surface area contributed by atoms with E-state index in [9.17, 15) is 17.6 Å². The molecule has 0 N–H and O–H groups in total. The first-order valence-electron chi connectivity index (χ1n) is 5.67. The number of aryl methyl sites for hydroxylation is 1. The number of hydrogen-bond donors (Lipinski definition) is 0. The van der Waals surface area contributed by atoms with Gasteiger partial charge in [-0.3, -0.25) is 4.68 Å². The normalized spacial score (nSPS) is 27.3. The van der Waals surface area contributed by atoms with Crippen molar-refractivity contribution in [2.45, 2.75) is 38.5 Å². The molecule has 2 aliphatic rings. The summed E-state index contributed by atoms with van der Waals surface area (Å²) in [5.41, 5.74) is -0.668. The van der Waals surface area contributed by atoms with Crippen molar-refractivity contribution in [2.75, 3.05) is 0 Å². The molecule has 1 saturated carbocycles. The Labute approximate surface area is 96.6 Å². The van der Waals surface area contributed by atoms with E-state index in [1.165, 1.54) is 7.05 Å². The Morgan fingerprint density at radius 2 is 1.94 bits per heavy atom. The van der Waals surface area contributed by atoms with Crippen molar-refractivity contribution in [3.05, 3.63) is 17.0 Å². The molecule has 0 amide bonds. The van der Waals surface area contributed by atoms with Crippen LogP contribution in [0.25, 0.3) is 0 Å². The van der Waals surface area contributed by atoms with Crippen molar-refractivity contribution in [3.63, 3.8) is 0 Å². The van der Waals surface area contributed by atoms with Crippen LogP contribution in [-0.4, -0.2) is 9.78 Å². The molecule has 0 aromatic carbocycles. The molecule has 2 nitrogen and oxygen atoms in total. The fourth-order valence-corrected chi connectivity index (χ4v) is 2.57. The summed E-state index contributed by atoms with van der Waals surface area (Å²) in [5, 5.41) is 3.49. The summed E-state index contributed by atoms with van der Waals surface area (Å²) in [6.45, 7) is 4.00. The molecule has 1 aromatic heterocycles. The molecule has 2 aliphatic carbocycles. The standard InChI is InChI=1S/C9H8F4N2.C2H6/c1-15-7-5(6(14-15)8(10)11)3-2-4(3)9(7,12)13;1-2/h3-4,8H,2H2,1H3;1-2H3. The molecule has 0 spiro atoms. The molecule has 2 atom stereocenters. The lowest BCUT2D eigenvalue weighted by atomic mass is 10.1. The van der Waals surface area contributed by atoms with Crippen LogP contribution in [0.4, 0.5) is 17.6 Å². The topological polar surface area (TPSA) is 17.8 Å². The van der Waals surface area contributed by atoms with Crippen molar-refractivity contribution >= 4 is 0 Å².